The highest BCUT2D eigenvalue weighted by atomic mass is 35.5. The number of ether oxygens (including phenoxy) is 4. The van der Waals surface area contributed by atoms with Gasteiger partial charge in [0.25, 0.3) is 0 Å². The number of hydrogen-bond acceptors (Lipinski definition) is 11. The van der Waals surface area contributed by atoms with Gasteiger partial charge in [0.05, 0.1) is 24.4 Å². The van der Waals surface area contributed by atoms with E-state index in [2.05, 4.69) is 26.3 Å². The minimum absolute atomic E-state index is 0.246. The van der Waals surface area contributed by atoms with E-state index < -0.39 is 36.1 Å². The van der Waals surface area contributed by atoms with Crippen molar-refractivity contribution in [2.24, 2.45) is 0 Å². The Morgan fingerprint density at radius 2 is 1.91 bits per heavy atom. The van der Waals surface area contributed by atoms with Crippen molar-refractivity contribution >= 4 is 34.7 Å². The van der Waals surface area contributed by atoms with Gasteiger partial charge < -0.3 is 18.9 Å². The van der Waals surface area contributed by atoms with E-state index in [9.17, 15) is 5.26 Å². The summed E-state index contributed by atoms with van der Waals surface area (Å²) in [5, 5.41) is 21.9. The number of hydrogen-bond donors (Lipinski definition) is 0. The zero-order valence-electron chi connectivity index (χ0n) is 23.0. The molecule has 0 aliphatic carbocycles. The van der Waals surface area contributed by atoms with Crippen LogP contribution in [0.15, 0.2) is 95.6 Å². The molecule has 222 valence electrons. The largest absolute Gasteiger partial charge is 0.368 e. The summed E-state index contributed by atoms with van der Waals surface area (Å²) in [7, 11) is 0. The lowest BCUT2D eigenvalue weighted by Crippen LogP contribution is -2.59. The maximum atomic E-state index is 9.80. The second kappa shape index (κ2) is 13.1. The summed E-state index contributed by atoms with van der Waals surface area (Å²) >= 11 is 9.12. The van der Waals surface area contributed by atoms with Crippen molar-refractivity contribution in [2.45, 2.75) is 47.6 Å². The molecule has 2 fully saturated rings. The second-order valence-corrected chi connectivity index (χ2v) is 12.6. The maximum Gasteiger partial charge on any atom is 0.184 e. The van der Waals surface area contributed by atoms with Crippen LogP contribution in [0.4, 0.5) is 0 Å². The normalized spacial score (nSPS) is 24.8. The van der Waals surface area contributed by atoms with Crippen LogP contribution in [0.5, 0.6) is 0 Å². The van der Waals surface area contributed by atoms with Gasteiger partial charge in [-0.3, -0.25) is 0 Å². The molecule has 6 atom stereocenters. The number of fused-ring (bicyclic) bond motifs is 1. The fraction of sp³-hybridized carbons (Fsp3) is 0.258. The Kier molecular flexibility index (Phi) is 8.68. The topological polar surface area (TPSA) is 117 Å². The molecule has 0 saturated carbocycles. The number of benzene rings is 2. The van der Waals surface area contributed by atoms with Gasteiger partial charge in [0.15, 0.2) is 12.0 Å². The quantitative estimate of drug-likeness (QED) is 0.197. The Morgan fingerprint density at radius 3 is 2.68 bits per heavy atom. The van der Waals surface area contributed by atoms with Crippen LogP contribution in [0.25, 0.3) is 10.7 Å². The van der Waals surface area contributed by atoms with E-state index in [1.807, 2.05) is 72.2 Å². The molecule has 7 rings (SSSR count). The van der Waals surface area contributed by atoms with E-state index in [-0.39, 0.29) is 12.3 Å². The minimum Gasteiger partial charge on any atom is -0.368 e. The summed E-state index contributed by atoms with van der Waals surface area (Å²) < 4.78 is 28.0. The predicted octanol–water partition coefficient (Wildman–Crippen LogP) is 6.08. The molecular weight excluding hydrogens is 620 g/mol. The maximum absolute atomic E-state index is 9.80. The minimum atomic E-state index is -0.606. The predicted molar refractivity (Wildman–Crippen MR) is 164 cm³/mol. The number of nitrogens with zero attached hydrogens (tertiary/aromatic N) is 6. The molecule has 0 amide bonds. The van der Waals surface area contributed by atoms with E-state index >= 15 is 0 Å². The highest BCUT2D eigenvalue weighted by Gasteiger charge is 2.52. The highest BCUT2D eigenvalue weighted by Crippen LogP contribution is 2.45. The van der Waals surface area contributed by atoms with Gasteiger partial charge in [0, 0.05) is 28.2 Å². The molecule has 2 aliphatic heterocycles. The number of rotatable bonds is 8. The highest BCUT2D eigenvalue weighted by molar-refractivity contribution is 7.99. The van der Waals surface area contributed by atoms with Gasteiger partial charge in [0.1, 0.15) is 46.6 Å². The van der Waals surface area contributed by atoms with Crippen molar-refractivity contribution in [1.82, 2.24) is 25.0 Å². The Balaban J connectivity index is 1.29. The van der Waals surface area contributed by atoms with Crippen LogP contribution < -0.4 is 0 Å². The Morgan fingerprint density at radius 1 is 1.09 bits per heavy atom. The van der Waals surface area contributed by atoms with Crippen molar-refractivity contribution in [3.05, 3.63) is 113 Å². The lowest BCUT2D eigenvalue weighted by molar-refractivity contribution is -0.311. The van der Waals surface area contributed by atoms with Crippen molar-refractivity contribution in [1.29, 1.82) is 5.26 Å². The third kappa shape index (κ3) is 6.13. The summed E-state index contributed by atoms with van der Waals surface area (Å²) in [6, 6.07) is 23.1. The molecule has 3 aromatic heterocycles. The van der Waals surface area contributed by atoms with Crippen LogP contribution in [0.2, 0.25) is 5.02 Å². The summed E-state index contributed by atoms with van der Waals surface area (Å²) in [6.07, 6.45) is 2.87. The molecule has 0 spiro atoms. The molecule has 0 radical (unpaired) electrons. The SMILES string of the molecule is N#Cc1ncc(Cl)cc1S[C@H]1OC2COC(c3ccccc3)O[C@@H]2C(n2cc(-c3nccs3)nn2)C1OCc1ccccc1. The molecule has 10 nitrogen and oxygen atoms in total. The molecule has 44 heavy (non-hydrogen) atoms. The first-order valence-corrected chi connectivity index (χ1v) is 16.0. The zero-order valence-corrected chi connectivity index (χ0v) is 25.4. The number of pyridine rings is 1. The molecule has 13 heteroatoms. The van der Waals surface area contributed by atoms with Gasteiger partial charge >= 0.3 is 0 Å². The molecule has 2 saturated heterocycles. The number of thiazole rings is 1. The number of halogens is 1. The van der Waals surface area contributed by atoms with Crippen molar-refractivity contribution in [3.63, 3.8) is 0 Å². The molecule has 2 aromatic carbocycles. The number of nitriles is 1. The first-order valence-electron chi connectivity index (χ1n) is 13.8. The Hall–Kier alpha value is -3.67. The molecule has 0 N–H and O–H groups in total. The van der Waals surface area contributed by atoms with E-state index in [0.29, 0.717) is 22.2 Å². The summed E-state index contributed by atoms with van der Waals surface area (Å²) in [6.45, 7) is 0.585. The van der Waals surface area contributed by atoms with Crippen LogP contribution in [0.3, 0.4) is 0 Å². The third-order valence-electron chi connectivity index (χ3n) is 7.30. The summed E-state index contributed by atoms with van der Waals surface area (Å²) in [4.78, 5) is 9.22. The van der Waals surface area contributed by atoms with Crippen LogP contribution in [0, 0.1) is 11.3 Å². The lowest BCUT2D eigenvalue weighted by atomic mass is 9.95. The van der Waals surface area contributed by atoms with Gasteiger partial charge in [-0.25, -0.2) is 14.6 Å². The molecular formula is C31H25ClN6O4S2. The average molecular weight is 645 g/mol. The molecule has 2 aliphatic rings. The molecule has 5 heterocycles. The standard InChI is InChI=1S/C31H25ClN6O4S2/c32-21-13-25(22(14-33)35-15-21)44-31-28(39-17-19-7-3-1-4-8-19)26(38-16-23(36-37-38)29-34-11-12-43-29)27-24(41-31)18-40-30(42-27)20-9-5-2-6-10-20/h1-13,15-16,24,26-28,30-31H,17-18H2/t24?,26?,27-,28?,30?,31+/m0/s1. The van der Waals surface area contributed by atoms with Crippen LogP contribution in [0.1, 0.15) is 29.2 Å². The number of aromatic nitrogens is 5. The van der Waals surface area contributed by atoms with E-state index in [4.69, 9.17) is 30.5 Å². The van der Waals surface area contributed by atoms with E-state index in [1.54, 1.807) is 16.9 Å². The smallest absolute Gasteiger partial charge is 0.184 e. The average Bonchev–Trinajstić information content (AvgIpc) is 3.78. The zero-order chi connectivity index (χ0) is 29.9. The van der Waals surface area contributed by atoms with Crippen molar-refractivity contribution in [2.75, 3.05) is 6.61 Å². The van der Waals surface area contributed by atoms with E-state index in [0.717, 1.165) is 16.1 Å². The van der Waals surface area contributed by atoms with Crippen molar-refractivity contribution < 1.29 is 18.9 Å². The van der Waals surface area contributed by atoms with Gasteiger partial charge in [-0.1, -0.05) is 89.2 Å². The fourth-order valence-electron chi connectivity index (χ4n) is 5.28. The molecule has 4 unspecified atom stereocenters. The third-order valence-corrected chi connectivity index (χ3v) is 9.48. The monoisotopic (exact) mass is 644 g/mol. The first kappa shape index (κ1) is 29.1. The first-order chi connectivity index (χ1) is 21.7. The molecule has 5 aromatic rings. The van der Waals surface area contributed by atoms with Crippen LogP contribution in [-0.2, 0) is 25.6 Å². The van der Waals surface area contributed by atoms with Crippen molar-refractivity contribution in [3.8, 4) is 16.8 Å². The summed E-state index contributed by atoms with van der Waals surface area (Å²) in [5.74, 6) is 0. The van der Waals surface area contributed by atoms with Gasteiger partial charge in [-0.05, 0) is 11.6 Å². The van der Waals surface area contributed by atoms with Gasteiger partial charge in [-0.2, -0.15) is 5.26 Å². The lowest BCUT2D eigenvalue weighted by Gasteiger charge is -2.49. The van der Waals surface area contributed by atoms with Crippen LogP contribution >= 0.6 is 34.7 Å². The fourth-order valence-corrected chi connectivity index (χ4v) is 7.31. The Labute approximate surface area is 266 Å². The number of thioether (sulfide) groups is 1. The summed E-state index contributed by atoms with van der Waals surface area (Å²) in [5.41, 5.74) is 2.18. The van der Waals surface area contributed by atoms with Gasteiger partial charge in [0.2, 0.25) is 0 Å². The molecule has 0 bridgehead atoms. The second-order valence-electron chi connectivity index (χ2n) is 10.1. The Bertz CT molecular complexity index is 1740. The van der Waals surface area contributed by atoms with E-state index in [1.165, 1.54) is 29.3 Å². The van der Waals surface area contributed by atoms with Gasteiger partial charge in [-0.15, -0.1) is 16.4 Å². The van der Waals surface area contributed by atoms with Crippen LogP contribution in [-0.4, -0.2) is 55.3 Å².